The van der Waals surface area contributed by atoms with E-state index in [1.807, 2.05) is 47.8 Å². The molecule has 0 saturated carbocycles. The van der Waals surface area contributed by atoms with Crippen LogP contribution < -0.4 is 11.1 Å². The summed E-state index contributed by atoms with van der Waals surface area (Å²) in [4.78, 5) is 4.26. The molecule has 0 spiro atoms. The van der Waals surface area contributed by atoms with Crippen LogP contribution in [0.25, 0.3) is 11.1 Å². The number of rotatable bonds is 4. The van der Waals surface area contributed by atoms with Crippen molar-refractivity contribution in [3.8, 4) is 11.1 Å². The second kappa shape index (κ2) is 6.26. The third kappa shape index (κ3) is 2.93. The third-order valence-corrected chi connectivity index (χ3v) is 4.19. The zero-order valence-electron chi connectivity index (χ0n) is 11.2. The zero-order chi connectivity index (χ0) is 14.7. The molecule has 3 rings (SSSR count). The van der Waals surface area contributed by atoms with Crippen molar-refractivity contribution in [2.45, 2.75) is 6.54 Å². The first-order chi connectivity index (χ1) is 10.3. The number of aromatic nitrogens is 1. The number of benzene rings is 2. The molecule has 2 aromatic carbocycles. The highest BCUT2D eigenvalue weighted by Gasteiger charge is 2.12. The van der Waals surface area contributed by atoms with Crippen LogP contribution in [0.15, 0.2) is 54.0 Å². The highest BCUT2D eigenvalue weighted by atomic mass is 35.5. The van der Waals surface area contributed by atoms with Crippen molar-refractivity contribution >= 4 is 33.8 Å². The monoisotopic (exact) mass is 315 g/mol. The van der Waals surface area contributed by atoms with Crippen LogP contribution >= 0.6 is 22.9 Å². The van der Waals surface area contributed by atoms with Gasteiger partial charge in [0.2, 0.25) is 0 Å². The van der Waals surface area contributed by atoms with E-state index in [2.05, 4.69) is 10.3 Å². The largest absolute Gasteiger partial charge is 0.331 e. The van der Waals surface area contributed by atoms with Crippen LogP contribution in [0.2, 0.25) is 5.02 Å². The summed E-state index contributed by atoms with van der Waals surface area (Å²) in [7, 11) is 0. The Labute approximate surface area is 132 Å². The minimum atomic E-state index is 0.446. The molecule has 0 aliphatic rings. The molecular formula is C16H14ClN3S. The molecule has 3 aromatic rings. The van der Waals surface area contributed by atoms with Gasteiger partial charge in [-0.05, 0) is 17.7 Å². The molecule has 0 radical (unpaired) electrons. The van der Waals surface area contributed by atoms with Crippen LogP contribution in [-0.4, -0.2) is 4.98 Å². The van der Waals surface area contributed by atoms with Crippen LogP contribution in [0.4, 0.5) is 10.8 Å². The van der Waals surface area contributed by atoms with E-state index in [1.54, 1.807) is 17.5 Å². The zero-order valence-corrected chi connectivity index (χ0v) is 12.8. The van der Waals surface area contributed by atoms with Gasteiger partial charge in [0.25, 0.3) is 0 Å². The van der Waals surface area contributed by atoms with Gasteiger partial charge < -0.3 is 11.1 Å². The number of hydrogen-bond acceptors (Lipinski definition) is 4. The van der Waals surface area contributed by atoms with E-state index in [4.69, 9.17) is 17.3 Å². The van der Waals surface area contributed by atoms with E-state index in [0.717, 1.165) is 27.5 Å². The Morgan fingerprint density at radius 3 is 2.76 bits per heavy atom. The minimum absolute atomic E-state index is 0.446. The molecule has 106 valence electrons. The van der Waals surface area contributed by atoms with Crippen LogP contribution in [0, 0.1) is 0 Å². The quantitative estimate of drug-likeness (QED) is 0.736. The Balaban J connectivity index is 2.11. The minimum Gasteiger partial charge on any atom is -0.331 e. The van der Waals surface area contributed by atoms with Gasteiger partial charge in [0.05, 0.1) is 0 Å². The number of anilines is 2. The molecule has 0 saturated heterocycles. The number of halogens is 1. The Morgan fingerprint density at radius 2 is 2.00 bits per heavy atom. The predicted octanol–water partition coefficient (Wildman–Crippen LogP) is 4.67. The van der Waals surface area contributed by atoms with Gasteiger partial charge in [0.15, 0.2) is 5.13 Å². The molecule has 0 unspecified atom stereocenters. The predicted molar refractivity (Wildman–Crippen MR) is 90.2 cm³/mol. The maximum atomic E-state index is 6.40. The van der Waals surface area contributed by atoms with Crippen LogP contribution in [0.5, 0.6) is 0 Å². The Kier molecular flexibility index (Phi) is 4.20. The van der Waals surface area contributed by atoms with E-state index in [9.17, 15) is 0 Å². The summed E-state index contributed by atoms with van der Waals surface area (Å²) in [6.45, 7) is 0.446. The van der Waals surface area contributed by atoms with Crippen molar-refractivity contribution in [1.82, 2.24) is 4.98 Å². The van der Waals surface area contributed by atoms with E-state index in [-0.39, 0.29) is 0 Å². The number of nitrogens with two attached hydrogens (primary N) is 1. The van der Waals surface area contributed by atoms with Gasteiger partial charge >= 0.3 is 0 Å². The lowest BCUT2D eigenvalue weighted by atomic mass is 9.98. The Bertz CT molecular complexity index is 741. The van der Waals surface area contributed by atoms with Crippen molar-refractivity contribution in [3.05, 3.63) is 64.6 Å². The average Bonchev–Trinajstić information content (AvgIpc) is 3.01. The van der Waals surface area contributed by atoms with Crippen molar-refractivity contribution < 1.29 is 0 Å². The summed E-state index contributed by atoms with van der Waals surface area (Å²) in [5.41, 5.74) is 9.85. The number of hydrogen-bond donors (Lipinski definition) is 2. The summed E-state index contributed by atoms with van der Waals surface area (Å²) < 4.78 is 0. The lowest BCUT2D eigenvalue weighted by molar-refractivity contribution is 1.07. The molecule has 0 amide bonds. The van der Waals surface area contributed by atoms with Gasteiger partial charge in [-0.1, -0.05) is 41.9 Å². The SMILES string of the molecule is NCc1cccc(Cl)c1-c1ccccc1Nc1nccs1. The van der Waals surface area contributed by atoms with Gasteiger partial charge in [0.1, 0.15) is 0 Å². The second-order valence-corrected chi connectivity index (χ2v) is 5.79. The van der Waals surface area contributed by atoms with E-state index >= 15 is 0 Å². The molecule has 3 nitrogen and oxygen atoms in total. The summed E-state index contributed by atoms with van der Waals surface area (Å²) in [5, 5.41) is 6.82. The second-order valence-electron chi connectivity index (χ2n) is 4.49. The molecule has 0 atom stereocenters. The smallest absolute Gasteiger partial charge is 0.187 e. The highest BCUT2D eigenvalue weighted by molar-refractivity contribution is 7.13. The molecule has 3 N–H and O–H groups in total. The number of nitrogens with zero attached hydrogens (tertiary/aromatic N) is 1. The van der Waals surface area contributed by atoms with Crippen LogP contribution in [0.1, 0.15) is 5.56 Å². The van der Waals surface area contributed by atoms with E-state index in [0.29, 0.717) is 11.6 Å². The Hall–Kier alpha value is -1.88. The third-order valence-electron chi connectivity index (χ3n) is 3.19. The van der Waals surface area contributed by atoms with Crippen LogP contribution in [-0.2, 0) is 6.54 Å². The van der Waals surface area contributed by atoms with Crippen molar-refractivity contribution in [2.24, 2.45) is 5.73 Å². The topological polar surface area (TPSA) is 50.9 Å². The van der Waals surface area contributed by atoms with Gasteiger partial charge in [0, 0.05) is 40.0 Å². The lowest BCUT2D eigenvalue weighted by Gasteiger charge is -2.15. The molecule has 0 fully saturated rings. The van der Waals surface area contributed by atoms with Gasteiger partial charge in [-0.15, -0.1) is 11.3 Å². The fourth-order valence-corrected chi connectivity index (χ4v) is 3.09. The van der Waals surface area contributed by atoms with Crippen LogP contribution in [0.3, 0.4) is 0 Å². The van der Waals surface area contributed by atoms with E-state index < -0.39 is 0 Å². The summed E-state index contributed by atoms with van der Waals surface area (Å²) in [6, 6.07) is 13.8. The molecular weight excluding hydrogens is 302 g/mol. The lowest BCUT2D eigenvalue weighted by Crippen LogP contribution is -2.01. The van der Waals surface area contributed by atoms with E-state index in [1.165, 1.54) is 0 Å². The molecule has 0 aliphatic carbocycles. The molecule has 5 heteroatoms. The van der Waals surface area contributed by atoms with Crippen molar-refractivity contribution in [1.29, 1.82) is 0 Å². The van der Waals surface area contributed by atoms with Crippen molar-refractivity contribution in [3.63, 3.8) is 0 Å². The molecule has 1 aromatic heterocycles. The summed E-state index contributed by atoms with van der Waals surface area (Å²) in [5.74, 6) is 0. The first-order valence-electron chi connectivity index (χ1n) is 6.53. The molecule has 1 heterocycles. The van der Waals surface area contributed by atoms with Gasteiger partial charge in [-0.2, -0.15) is 0 Å². The molecule has 0 aliphatic heterocycles. The Morgan fingerprint density at radius 1 is 1.14 bits per heavy atom. The first-order valence-corrected chi connectivity index (χ1v) is 7.78. The fourth-order valence-electron chi connectivity index (χ4n) is 2.25. The number of thiazole rings is 1. The summed E-state index contributed by atoms with van der Waals surface area (Å²) >= 11 is 7.96. The normalized spacial score (nSPS) is 10.6. The molecule has 21 heavy (non-hydrogen) atoms. The molecule has 0 bridgehead atoms. The average molecular weight is 316 g/mol. The summed E-state index contributed by atoms with van der Waals surface area (Å²) in [6.07, 6.45) is 1.77. The fraction of sp³-hybridized carbons (Fsp3) is 0.0625. The maximum absolute atomic E-state index is 6.40. The van der Waals surface area contributed by atoms with Gasteiger partial charge in [-0.25, -0.2) is 4.98 Å². The first kappa shape index (κ1) is 14.1. The number of nitrogens with one attached hydrogen (secondary N) is 1. The standard InChI is InChI=1S/C16H14ClN3S/c17-13-6-3-4-11(10-18)15(13)12-5-1-2-7-14(12)20-16-19-8-9-21-16/h1-9H,10,18H2,(H,19,20). The highest BCUT2D eigenvalue weighted by Crippen LogP contribution is 2.37. The van der Waals surface area contributed by atoms with Gasteiger partial charge in [-0.3, -0.25) is 0 Å². The maximum Gasteiger partial charge on any atom is 0.187 e. The van der Waals surface area contributed by atoms with Crippen molar-refractivity contribution in [2.75, 3.05) is 5.32 Å². The number of para-hydroxylation sites is 1.